The van der Waals surface area contributed by atoms with Crippen molar-refractivity contribution in [2.24, 2.45) is 0 Å². The first-order valence-corrected chi connectivity index (χ1v) is 5.20. The minimum absolute atomic E-state index is 0.113. The Bertz CT molecular complexity index is 535. The van der Waals surface area contributed by atoms with E-state index in [0.29, 0.717) is 12.2 Å². The molecule has 0 radical (unpaired) electrons. The van der Waals surface area contributed by atoms with Crippen LogP contribution >= 0.6 is 0 Å². The van der Waals surface area contributed by atoms with Crippen LogP contribution in [0, 0.1) is 0 Å². The molecule has 2 aromatic heterocycles. The Balaban J connectivity index is 1.94. The highest BCUT2D eigenvalue weighted by atomic mass is 16.2. The number of carbonyl (C=O) groups is 1. The van der Waals surface area contributed by atoms with Crippen LogP contribution in [-0.4, -0.2) is 32.4 Å². The number of rotatable bonds is 2. The quantitative estimate of drug-likeness (QED) is 0.784. The van der Waals surface area contributed by atoms with Crippen molar-refractivity contribution in [3.63, 3.8) is 0 Å². The summed E-state index contributed by atoms with van der Waals surface area (Å²) in [6.45, 7) is 0.731. The van der Waals surface area contributed by atoms with Crippen LogP contribution in [0.25, 0.3) is 11.0 Å². The Morgan fingerprint density at radius 3 is 3.19 bits per heavy atom. The molecule has 0 atom stereocenters. The number of hydrazine groups is 1. The van der Waals surface area contributed by atoms with Crippen molar-refractivity contribution in [2.75, 3.05) is 12.0 Å². The van der Waals surface area contributed by atoms with E-state index < -0.39 is 0 Å². The van der Waals surface area contributed by atoms with Gasteiger partial charge in [0.15, 0.2) is 5.82 Å². The number of fused-ring (bicyclic) bond motifs is 1. The average Bonchev–Trinajstić information content (AvgIpc) is 2.89. The molecule has 16 heavy (non-hydrogen) atoms. The van der Waals surface area contributed by atoms with Crippen molar-refractivity contribution in [2.45, 2.75) is 12.8 Å². The predicted molar refractivity (Wildman–Crippen MR) is 58.5 cm³/mol. The second-order valence-electron chi connectivity index (χ2n) is 3.72. The van der Waals surface area contributed by atoms with Crippen LogP contribution in [0.15, 0.2) is 18.6 Å². The first-order valence-electron chi connectivity index (χ1n) is 5.20. The maximum absolute atomic E-state index is 11.5. The first-order chi connectivity index (χ1) is 7.84. The molecule has 6 nitrogen and oxygen atoms in total. The monoisotopic (exact) mass is 217 g/mol. The van der Waals surface area contributed by atoms with Gasteiger partial charge in [-0.2, -0.15) is 0 Å². The van der Waals surface area contributed by atoms with E-state index >= 15 is 0 Å². The molecule has 6 heteroatoms. The Morgan fingerprint density at radius 2 is 2.38 bits per heavy atom. The van der Waals surface area contributed by atoms with Gasteiger partial charge in [0.2, 0.25) is 5.91 Å². The van der Waals surface area contributed by atoms with Gasteiger partial charge in [0.25, 0.3) is 0 Å². The number of anilines is 1. The van der Waals surface area contributed by atoms with Crippen molar-refractivity contribution in [1.82, 2.24) is 20.0 Å². The smallest absolute Gasteiger partial charge is 0.241 e. The Hall–Kier alpha value is -2.11. The third-order valence-corrected chi connectivity index (χ3v) is 2.67. The zero-order valence-corrected chi connectivity index (χ0v) is 8.60. The summed E-state index contributed by atoms with van der Waals surface area (Å²) in [6, 6.07) is 1.89. The molecule has 1 aliphatic rings. The van der Waals surface area contributed by atoms with Crippen LogP contribution in [0.5, 0.6) is 0 Å². The molecule has 0 saturated carbocycles. The van der Waals surface area contributed by atoms with Crippen LogP contribution in [0.2, 0.25) is 0 Å². The SMILES string of the molecule is O=C1CCCN1Nc1ncnc2[nH]ccc12. The maximum atomic E-state index is 11.5. The van der Waals surface area contributed by atoms with Crippen LogP contribution in [0.3, 0.4) is 0 Å². The van der Waals surface area contributed by atoms with Crippen LogP contribution in [0.1, 0.15) is 12.8 Å². The molecule has 0 aromatic carbocycles. The van der Waals surface area contributed by atoms with Crippen LogP contribution in [-0.2, 0) is 4.79 Å². The van der Waals surface area contributed by atoms with E-state index in [4.69, 9.17) is 0 Å². The fourth-order valence-electron chi connectivity index (χ4n) is 1.86. The highest BCUT2D eigenvalue weighted by Gasteiger charge is 2.21. The fourth-order valence-corrected chi connectivity index (χ4v) is 1.86. The molecule has 3 heterocycles. The topological polar surface area (TPSA) is 73.9 Å². The number of hydrogen-bond donors (Lipinski definition) is 2. The summed E-state index contributed by atoms with van der Waals surface area (Å²) in [5.74, 6) is 0.781. The molecular weight excluding hydrogens is 206 g/mol. The van der Waals surface area contributed by atoms with Gasteiger partial charge >= 0.3 is 0 Å². The molecular formula is C10H11N5O. The van der Waals surface area contributed by atoms with Gasteiger partial charge in [-0.15, -0.1) is 0 Å². The summed E-state index contributed by atoms with van der Waals surface area (Å²) in [4.78, 5) is 22.7. The van der Waals surface area contributed by atoms with Gasteiger partial charge in [-0.25, -0.2) is 9.97 Å². The standard InChI is InChI=1S/C10H11N5O/c16-8-2-1-5-15(8)14-10-7-3-4-11-9(7)12-6-13-10/h3-4,6H,1-2,5H2,(H2,11,12,13,14). The molecule has 1 fully saturated rings. The Kier molecular flexibility index (Phi) is 1.99. The number of aromatic nitrogens is 3. The van der Waals surface area contributed by atoms with Crippen molar-refractivity contribution in [3.8, 4) is 0 Å². The summed E-state index contributed by atoms with van der Waals surface area (Å²) in [6.07, 6.45) is 4.78. The number of H-pyrrole nitrogens is 1. The van der Waals surface area contributed by atoms with Crippen molar-refractivity contribution in [1.29, 1.82) is 0 Å². The van der Waals surface area contributed by atoms with Gasteiger partial charge in [-0.1, -0.05) is 0 Å². The third-order valence-electron chi connectivity index (χ3n) is 2.67. The van der Waals surface area contributed by atoms with Gasteiger partial charge in [0, 0.05) is 19.2 Å². The molecule has 1 amide bonds. The van der Waals surface area contributed by atoms with Gasteiger partial charge in [0.05, 0.1) is 5.39 Å². The van der Waals surface area contributed by atoms with E-state index in [0.717, 1.165) is 24.0 Å². The summed E-state index contributed by atoms with van der Waals surface area (Å²) in [7, 11) is 0. The molecule has 1 saturated heterocycles. The number of nitrogens with zero attached hydrogens (tertiary/aromatic N) is 3. The van der Waals surface area contributed by atoms with E-state index in [2.05, 4.69) is 20.4 Å². The maximum Gasteiger partial charge on any atom is 0.241 e. The molecule has 0 aliphatic carbocycles. The van der Waals surface area contributed by atoms with Gasteiger partial charge in [-0.05, 0) is 12.5 Å². The Labute approximate surface area is 91.7 Å². The van der Waals surface area contributed by atoms with E-state index in [1.54, 1.807) is 11.2 Å². The molecule has 2 N–H and O–H groups in total. The predicted octanol–water partition coefficient (Wildman–Crippen LogP) is 0.907. The van der Waals surface area contributed by atoms with E-state index in [1.165, 1.54) is 6.33 Å². The molecule has 1 aliphatic heterocycles. The molecule has 3 rings (SSSR count). The van der Waals surface area contributed by atoms with Crippen molar-refractivity contribution >= 4 is 22.8 Å². The van der Waals surface area contributed by atoms with Crippen molar-refractivity contribution < 1.29 is 4.79 Å². The number of carbonyl (C=O) groups excluding carboxylic acids is 1. The van der Waals surface area contributed by atoms with Gasteiger partial charge in [0.1, 0.15) is 12.0 Å². The lowest BCUT2D eigenvalue weighted by molar-refractivity contribution is -0.126. The zero-order valence-electron chi connectivity index (χ0n) is 8.60. The summed E-state index contributed by atoms with van der Waals surface area (Å²) in [5.41, 5.74) is 3.80. The van der Waals surface area contributed by atoms with Gasteiger partial charge in [-0.3, -0.25) is 15.2 Å². The van der Waals surface area contributed by atoms with E-state index in [9.17, 15) is 4.79 Å². The lowest BCUT2D eigenvalue weighted by Crippen LogP contribution is -2.31. The molecule has 82 valence electrons. The van der Waals surface area contributed by atoms with Crippen LogP contribution < -0.4 is 5.43 Å². The molecule has 0 spiro atoms. The summed E-state index contributed by atoms with van der Waals surface area (Å²) < 4.78 is 0. The second kappa shape index (κ2) is 3.48. The van der Waals surface area contributed by atoms with E-state index in [-0.39, 0.29) is 5.91 Å². The largest absolute Gasteiger partial charge is 0.346 e. The molecule has 0 bridgehead atoms. The summed E-state index contributed by atoms with van der Waals surface area (Å²) >= 11 is 0. The first kappa shape index (κ1) is 9.14. The number of aromatic amines is 1. The third kappa shape index (κ3) is 1.39. The normalized spacial score (nSPS) is 16.0. The van der Waals surface area contributed by atoms with Gasteiger partial charge < -0.3 is 4.98 Å². The highest BCUT2D eigenvalue weighted by Crippen LogP contribution is 2.19. The summed E-state index contributed by atoms with van der Waals surface area (Å²) in [5, 5.41) is 2.50. The number of amides is 1. The number of hydrogen-bond acceptors (Lipinski definition) is 4. The highest BCUT2D eigenvalue weighted by molar-refractivity contribution is 5.88. The molecule has 2 aromatic rings. The van der Waals surface area contributed by atoms with Crippen LogP contribution in [0.4, 0.5) is 5.82 Å². The number of nitrogens with one attached hydrogen (secondary N) is 2. The fraction of sp³-hybridized carbons (Fsp3) is 0.300. The minimum Gasteiger partial charge on any atom is -0.346 e. The average molecular weight is 217 g/mol. The minimum atomic E-state index is 0.113. The Morgan fingerprint density at radius 1 is 1.44 bits per heavy atom. The van der Waals surface area contributed by atoms with Crippen molar-refractivity contribution in [3.05, 3.63) is 18.6 Å². The zero-order chi connectivity index (χ0) is 11.0. The molecule has 0 unspecified atom stereocenters. The lowest BCUT2D eigenvalue weighted by atomic mass is 10.4. The van der Waals surface area contributed by atoms with E-state index in [1.807, 2.05) is 6.07 Å². The second-order valence-corrected chi connectivity index (χ2v) is 3.72. The lowest BCUT2D eigenvalue weighted by Gasteiger charge is -2.17.